The molecule has 36 heavy (non-hydrogen) atoms. The summed E-state index contributed by atoms with van der Waals surface area (Å²) < 4.78 is 7.55. The van der Waals surface area contributed by atoms with Crippen LogP contribution in [0, 0.1) is 0 Å². The molecule has 0 radical (unpaired) electrons. The fraction of sp³-hybridized carbons (Fsp3) is 0.444. The number of nitrogens with zero attached hydrogens (tertiary/aromatic N) is 3. The number of nitrogens with two attached hydrogens (primary N) is 2. The number of aromatic nitrogens is 2. The number of hydrogen-bond donors (Lipinski definition) is 2. The summed E-state index contributed by atoms with van der Waals surface area (Å²) >= 11 is 6.34. The zero-order valence-electron chi connectivity index (χ0n) is 20.7. The number of likely N-dealkylation sites (tertiary alicyclic amines) is 1. The van der Waals surface area contributed by atoms with E-state index in [1.165, 1.54) is 0 Å². The highest BCUT2D eigenvalue weighted by molar-refractivity contribution is 6.34. The van der Waals surface area contributed by atoms with Crippen molar-refractivity contribution in [1.82, 2.24) is 14.5 Å². The van der Waals surface area contributed by atoms with Crippen LogP contribution < -0.4 is 11.5 Å². The van der Waals surface area contributed by atoms with Gasteiger partial charge in [0, 0.05) is 51.7 Å². The summed E-state index contributed by atoms with van der Waals surface area (Å²) in [7, 11) is 1.71. The molecule has 1 fully saturated rings. The van der Waals surface area contributed by atoms with Gasteiger partial charge in [-0.15, -0.1) is 0 Å². The molecule has 1 aliphatic heterocycles. The van der Waals surface area contributed by atoms with Gasteiger partial charge < -0.3 is 25.7 Å². The molecule has 8 nitrogen and oxygen atoms in total. The first-order chi connectivity index (χ1) is 17.4. The number of ether oxygens (including phenoxy) is 1. The lowest BCUT2D eigenvalue weighted by Gasteiger charge is -2.33. The normalized spacial score (nSPS) is 16.9. The number of piperidine rings is 1. The smallest absolute Gasteiger partial charge is 0.250 e. The molecule has 4 N–H and O–H groups in total. The molecule has 1 aliphatic rings. The van der Waals surface area contributed by atoms with E-state index in [2.05, 4.69) is 10.6 Å². The van der Waals surface area contributed by atoms with Crippen LogP contribution in [0.3, 0.4) is 0 Å². The fourth-order valence-electron chi connectivity index (χ4n) is 5.06. The molecule has 0 aliphatic carbocycles. The van der Waals surface area contributed by atoms with Crippen LogP contribution in [0.5, 0.6) is 0 Å². The minimum atomic E-state index is -0.584. The number of rotatable bonds is 10. The number of halogens is 1. The zero-order chi connectivity index (χ0) is 25.7. The predicted octanol–water partition coefficient (Wildman–Crippen LogP) is 3.49. The van der Waals surface area contributed by atoms with Crippen LogP contribution in [0.4, 0.5) is 0 Å². The van der Waals surface area contributed by atoms with Crippen molar-refractivity contribution < 1.29 is 14.3 Å². The monoisotopic (exact) mass is 511 g/mol. The molecule has 2 heterocycles. The Morgan fingerprint density at radius 1 is 1.22 bits per heavy atom. The molecule has 1 saturated heterocycles. The van der Waals surface area contributed by atoms with E-state index < -0.39 is 11.9 Å². The molecule has 1 aromatic heterocycles. The van der Waals surface area contributed by atoms with E-state index in [1.54, 1.807) is 19.2 Å². The second-order valence-electron chi connectivity index (χ2n) is 9.45. The topological polar surface area (TPSA) is 116 Å². The first-order valence-electron chi connectivity index (χ1n) is 12.4. The van der Waals surface area contributed by atoms with Crippen LogP contribution in [-0.4, -0.2) is 59.1 Å². The van der Waals surface area contributed by atoms with Gasteiger partial charge in [-0.1, -0.05) is 35.9 Å². The van der Waals surface area contributed by atoms with Gasteiger partial charge in [-0.05, 0) is 49.4 Å². The number of para-hydroxylation sites is 2. The van der Waals surface area contributed by atoms with Crippen LogP contribution >= 0.6 is 11.6 Å². The van der Waals surface area contributed by atoms with E-state index in [-0.39, 0.29) is 23.8 Å². The Balaban J connectivity index is 1.44. The summed E-state index contributed by atoms with van der Waals surface area (Å²) in [6, 6.07) is 12.9. The number of carbonyl (C=O) groups is 2. The Bertz CT molecular complexity index is 1230. The molecule has 4 rings (SSSR count). The lowest BCUT2D eigenvalue weighted by atomic mass is 9.95. The van der Waals surface area contributed by atoms with Gasteiger partial charge in [0.25, 0.3) is 0 Å². The van der Waals surface area contributed by atoms with Crippen molar-refractivity contribution in [1.29, 1.82) is 0 Å². The number of methoxy groups -OCH3 is 1. The molecule has 0 bridgehead atoms. The maximum atomic E-state index is 13.2. The summed E-state index contributed by atoms with van der Waals surface area (Å²) in [4.78, 5) is 31.7. The Labute approximate surface area is 216 Å². The summed E-state index contributed by atoms with van der Waals surface area (Å²) in [5.74, 6) is 0.634. The van der Waals surface area contributed by atoms with E-state index in [9.17, 15) is 9.59 Å². The fourth-order valence-corrected chi connectivity index (χ4v) is 5.35. The molecule has 192 valence electrons. The van der Waals surface area contributed by atoms with Gasteiger partial charge in [0.15, 0.2) is 0 Å². The van der Waals surface area contributed by atoms with Crippen molar-refractivity contribution in [2.24, 2.45) is 11.5 Å². The summed E-state index contributed by atoms with van der Waals surface area (Å²) in [6.07, 6.45) is 3.39. The second kappa shape index (κ2) is 11.9. The van der Waals surface area contributed by atoms with Gasteiger partial charge in [0.2, 0.25) is 11.8 Å². The van der Waals surface area contributed by atoms with Gasteiger partial charge in [-0.2, -0.15) is 0 Å². The number of benzene rings is 2. The van der Waals surface area contributed by atoms with Crippen molar-refractivity contribution in [3.63, 3.8) is 0 Å². The number of imidazole rings is 1. The Morgan fingerprint density at radius 3 is 2.81 bits per heavy atom. The molecule has 2 amide bonds. The molecule has 2 atom stereocenters. The van der Waals surface area contributed by atoms with E-state index in [0.29, 0.717) is 31.1 Å². The van der Waals surface area contributed by atoms with E-state index in [0.717, 1.165) is 48.2 Å². The first-order valence-corrected chi connectivity index (χ1v) is 12.8. The molecule has 0 saturated carbocycles. The Morgan fingerprint density at radius 2 is 2.03 bits per heavy atom. The third-order valence-electron chi connectivity index (χ3n) is 6.82. The standard InChI is InChI=1S/C27H34ClN5O3/c1-36-14-6-13-33-23-11-3-2-10-22(23)31-27(33)19-8-5-12-32(17-19)24(34)16-20(29)15-18-7-4-9-21(25(18)28)26(30)35/h2-4,7,9-11,19-20H,5-6,8,12-17,29H2,1H3,(H2,30,35)/t19-,20+/m1/s1. The van der Waals surface area contributed by atoms with Crippen LogP contribution in [0.15, 0.2) is 42.5 Å². The van der Waals surface area contributed by atoms with Gasteiger partial charge in [0.05, 0.1) is 21.6 Å². The SMILES string of the molecule is COCCCn1c([C@@H]2CCCN(C(=O)C[C@@H](N)Cc3cccc(C(N)=O)c3Cl)C2)nc2ccccc21. The quantitative estimate of drug-likeness (QED) is 0.404. The maximum absolute atomic E-state index is 13.2. The second-order valence-corrected chi connectivity index (χ2v) is 9.82. The van der Waals surface area contributed by atoms with Gasteiger partial charge >= 0.3 is 0 Å². The van der Waals surface area contributed by atoms with Crippen molar-refractivity contribution in [2.75, 3.05) is 26.8 Å². The van der Waals surface area contributed by atoms with Gasteiger partial charge in [-0.3, -0.25) is 9.59 Å². The number of hydrogen-bond acceptors (Lipinski definition) is 5. The van der Waals surface area contributed by atoms with Crippen LogP contribution in [0.2, 0.25) is 5.02 Å². The van der Waals surface area contributed by atoms with Crippen molar-refractivity contribution in [2.45, 2.75) is 50.6 Å². The number of aryl methyl sites for hydroxylation is 1. The minimum absolute atomic E-state index is 0.0245. The summed E-state index contributed by atoms with van der Waals surface area (Å²) in [6.45, 7) is 2.84. The highest BCUT2D eigenvalue weighted by atomic mass is 35.5. The molecule has 9 heteroatoms. The average molecular weight is 512 g/mol. The van der Waals surface area contributed by atoms with Crippen LogP contribution in [0.1, 0.15) is 53.3 Å². The predicted molar refractivity (Wildman–Crippen MR) is 141 cm³/mol. The summed E-state index contributed by atoms with van der Waals surface area (Å²) in [5.41, 5.74) is 14.8. The third kappa shape index (κ3) is 5.88. The molecule has 3 aromatic rings. The van der Waals surface area contributed by atoms with Crippen molar-refractivity contribution in [3.05, 3.63) is 64.4 Å². The number of primary amides is 1. The largest absolute Gasteiger partial charge is 0.385 e. The highest BCUT2D eigenvalue weighted by Crippen LogP contribution is 2.30. The van der Waals surface area contributed by atoms with E-state index >= 15 is 0 Å². The molecule has 2 aromatic carbocycles. The van der Waals surface area contributed by atoms with Gasteiger partial charge in [0.1, 0.15) is 5.82 Å². The van der Waals surface area contributed by atoms with E-state index in [4.69, 9.17) is 32.8 Å². The third-order valence-corrected chi connectivity index (χ3v) is 7.26. The molecule has 0 spiro atoms. The number of amides is 2. The molecular weight excluding hydrogens is 478 g/mol. The van der Waals surface area contributed by atoms with Gasteiger partial charge in [-0.25, -0.2) is 4.98 Å². The Kier molecular flexibility index (Phi) is 8.61. The zero-order valence-corrected chi connectivity index (χ0v) is 21.4. The highest BCUT2D eigenvalue weighted by Gasteiger charge is 2.29. The maximum Gasteiger partial charge on any atom is 0.250 e. The first kappa shape index (κ1) is 26.1. The lowest BCUT2D eigenvalue weighted by Crippen LogP contribution is -2.42. The van der Waals surface area contributed by atoms with E-state index in [1.807, 2.05) is 29.2 Å². The summed E-state index contributed by atoms with van der Waals surface area (Å²) in [5, 5.41) is 0.304. The number of carbonyl (C=O) groups excluding carboxylic acids is 2. The Hall–Kier alpha value is -2.94. The van der Waals surface area contributed by atoms with Crippen molar-refractivity contribution >= 4 is 34.4 Å². The van der Waals surface area contributed by atoms with Crippen molar-refractivity contribution in [3.8, 4) is 0 Å². The number of fused-ring (bicyclic) bond motifs is 1. The molecular formula is C27H34ClN5O3. The lowest BCUT2D eigenvalue weighted by molar-refractivity contribution is -0.132. The van der Waals surface area contributed by atoms with Crippen LogP contribution in [-0.2, 0) is 22.5 Å². The average Bonchev–Trinajstić information content (AvgIpc) is 3.24. The molecule has 0 unspecified atom stereocenters. The minimum Gasteiger partial charge on any atom is -0.385 e. The van der Waals surface area contributed by atoms with Crippen LogP contribution in [0.25, 0.3) is 11.0 Å².